The summed E-state index contributed by atoms with van der Waals surface area (Å²) in [6.07, 6.45) is 16.2. The second kappa shape index (κ2) is 14.3. The fraction of sp³-hybridized carbons (Fsp3) is 0.857. The lowest BCUT2D eigenvalue weighted by Gasteiger charge is -2.27. The van der Waals surface area contributed by atoms with E-state index in [2.05, 4.69) is 12.2 Å². The zero-order valence-corrected chi connectivity index (χ0v) is 17.8. The van der Waals surface area contributed by atoms with E-state index in [-0.39, 0.29) is 19.5 Å². The molecule has 1 saturated heterocycles. The molecule has 1 fully saturated rings. The van der Waals surface area contributed by atoms with E-state index in [4.69, 9.17) is 11.8 Å². The maximum absolute atomic E-state index is 12.2. The molecule has 0 aromatic heterocycles. The molecule has 0 aliphatic carbocycles. The highest BCUT2D eigenvalue weighted by molar-refractivity contribution is 6.40. The first-order valence-corrected chi connectivity index (χ1v) is 11.3. The third kappa shape index (κ3) is 9.31. The third-order valence-corrected chi connectivity index (χ3v) is 5.85. The average molecular weight is 402 g/mol. The van der Waals surface area contributed by atoms with Gasteiger partial charge < -0.3 is 0 Å². The van der Waals surface area contributed by atoms with Gasteiger partial charge in [-0.1, -0.05) is 88.0 Å². The van der Waals surface area contributed by atoms with Crippen LogP contribution in [-0.4, -0.2) is 41.2 Å². The number of ketones is 1. The quantitative estimate of drug-likeness (QED) is 0.246. The van der Waals surface area contributed by atoms with Crippen molar-refractivity contribution in [1.82, 2.24) is 5.32 Å². The number of quaternary nitrogens is 1. The van der Waals surface area contributed by atoms with E-state index in [9.17, 15) is 14.4 Å². The molecule has 1 heterocycles. The number of imide groups is 1. The summed E-state index contributed by atoms with van der Waals surface area (Å²) < 4.78 is -0.885. The van der Waals surface area contributed by atoms with Crippen molar-refractivity contribution in [3.63, 3.8) is 0 Å². The summed E-state index contributed by atoms with van der Waals surface area (Å²) in [6.45, 7) is 2.90. The van der Waals surface area contributed by atoms with Crippen LogP contribution in [0, 0.1) is 0 Å². The number of carbonyl (C=O) groups is 3. The zero-order chi connectivity index (χ0) is 20.0. The monoisotopic (exact) mass is 401 g/mol. The van der Waals surface area contributed by atoms with Crippen molar-refractivity contribution in [1.29, 1.82) is 0 Å². The fourth-order valence-electron chi connectivity index (χ4n) is 3.50. The molecule has 1 aliphatic rings. The van der Waals surface area contributed by atoms with Crippen molar-refractivity contribution in [3.8, 4) is 0 Å². The smallest absolute Gasteiger partial charge is 0.299 e. The molecule has 1 N–H and O–H groups in total. The van der Waals surface area contributed by atoms with Gasteiger partial charge in [0.1, 0.15) is 13.1 Å². The average Bonchev–Trinajstić information content (AvgIpc) is 2.67. The Morgan fingerprint density at radius 1 is 0.889 bits per heavy atom. The van der Waals surface area contributed by atoms with Gasteiger partial charge in [0.2, 0.25) is 0 Å². The van der Waals surface area contributed by atoms with E-state index in [0.29, 0.717) is 13.0 Å². The van der Waals surface area contributed by atoms with Gasteiger partial charge in [-0.3, -0.25) is 10.1 Å². The van der Waals surface area contributed by atoms with Crippen molar-refractivity contribution in [2.75, 3.05) is 19.6 Å². The molecule has 0 spiro atoms. The Morgan fingerprint density at radius 3 is 1.85 bits per heavy atom. The lowest BCUT2D eigenvalue weighted by atomic mass is 10.0. The van der Waals surface area contributed by atoms with Crippen LogP contribution in [0.3, 0.4) is 0 Å². The van der Waals surface area contributed by atoms with Crippen LogP contribution in [-0.2, 0) is 14.4 Å². The van der Waals surface area contributed by atoms with Gasteiger partial charge in [-0.2, -0.15) is 0 Å². The number of amides is 2. The number of hydrogen-bond acceptors (Lipinski definition) is 4. The number of nitrogens with one attached hydrogen (secondary N) is 1. The third-order valence-electron chi connectivity index (χ3n) is 5.34. The molecule has 2 amide bonds. The maximum Gasteiger partial charge on any atom is 0.407 e. The summed E-state index contributed by atoms with van der Waals surface area (Å²) in [5.41, 5.74) is 0. The van der Waals surface area contributed by atoms with Gasteiger partial charge in [-0.05, 0) is 6.42 Å². The molecule has 0 saturated carbocycles. The molecule has 1 unspecified atom stereocenters. The van der Waals surface area contributed by atoms with Crippen molar-refractivity contribution in [3.05, 3.63) is 0 Å². The van der Waals surface area contributed by atoms with Gasteiger partial charge in [-0.25, -0.2) is 9.59 Å². The molecule has 27 heavy (non-hydrogen) atoms. The summed E-state index contributed by atoms with van der Waals surface area (Å²) in [7, 11) is 0. The van der Waals surface area contributed by atoms with Crippen molar-refractivity contribution < 1.29 is 18.4 Å². The van der Waals surface area contributed by atoms with Crippen LogP contribution in [0.25, 0.3) is 0 Å². The molecule has 1 aliphatic heterocycles. The first kappa shape index (κ1) is 24.3. The lowest BCUT2D eigenvalue weighted by molar-refractivity contribution is -0.655. The lowest BCUT2D eigenvalue weighted by Crippen LogP contribution is -2.61. The normalized spacial score (nSPS) is 20.0. The first-order valence-electron chi connectivity index (χ1n) is 10.9. The van der Waals surface area contributed by atoms with E-state index in [0.717, 1.165) is 12.8 Å². The molecule has 1 atom stereocenters. The standard InChI is InChI=1S/C21H38ClN2O3/c1-2-3-4-5-6-7-8-9-10-11-12-13-14-15-19(25)21(27)24(22)17-16-23-18-20(24)26/h23H,2-18H2,1H3/q+1. The minimum Gasteiger partial charge on any atom is -0.299 e. The Hall–Kier alpha value is -0.780. The number of rotatable bonds is 15. The summed E-state index contributed by atoms with van der Waals surface area (Å²) in [5.74, 6) is -1.71. The summed E-state index contributed by atoms with van der Waals surface area (Å²) in [6, 6.07) is 0. The number of Topliss-reactive ketones (excluding diaryl/α,β-unsaturated/α-hetero) is 1. The maximum atomic E-state index is 12.2. The van der Waals surface area contributed by atoms with E-state index in [1.807, 2.05) is 0 Å². The number of nitrogens with zero attached hydrogens (tertiary/aromatic N) is 1. The molecular weight excluding hydrogens is 364 g/mol. The highest BCUT2D eigenvalue weighted by Crippen LogP contribution is 2.18. The first-order chi connectivity index (χ1) is 13.0. The topological polar surface area (TPSA) is 63.2 Å². The van der Waals surface area contributed by atoms with E-state index >= 15 is 0 Å². The number of carbonyl (C=O) groups excluding carboxylic acids is 3. The molecule has 6 heteroatoms. The molecular formula is C21H38ClN2O3+. The Balaban J connectivity index is 1.99. The molecule has 0 aromatic carbocycles. The largest absolute Gasteiger partial charge is 0.407 e. The highest BCUT2D eigenvalue weighted by Gasteiger charge is 2.48. The summed E-state index contributed by atoms with van der Waals surface area (Å²) in [4.78, 5) is 36.1. The van der Waals surface area contributed by atoms with Gasteiger partial charge in [0, 0.05) is 13.0 Å². The molecule has 1 rings (SSSR count). The second-order valence-electron chi connectivity index (χ2n) is 7.73. The van der Waals surface area contributed by atoms with Gasteiger partial charge in [-0.15, -0.1) is 0 Å². The van der Waals surface area contributed by atoms with Crippen LogP contribution < -0.4 is 5.32 Å². The van der Waals surface area contributed by atoms with Crippen molar-refractivity contribution >= 4 is 29.4 Å². The molecule has 156 valence electrons. The highest BCUT2D eigenvalue weighted by atomic mass is 35.5. The number of hydrogen-bond donors (Lipinski definition) is 1. The second-order valence-corrected chi connectivity index (χ2v) is 8.31. The van der Waals surface area contributed by atoms with Gasteiger partial charge in [0.25, 0.3) is 5.78 Å². The van der Waals surface area contributed by atoms with Crippen LogP contribution in [0.4, 0.5) is 0 Å². The predicted octanol–water partition coefficient (Wildman–Crippen LogP) is 4.66. The van der Waals surface area contributed by atoms with Crippen molar-refractivity contribution in [2.45, 2.75) is 96.8 Å². The van der Waals surface area contributed by atoms with Crippen LogP contribution >= 0.6 is 11.8 Å². The fourth-order valence-corrected chi connectivity index (χ4v) is 3.74. The molecule has 0 radical (unpaired) electrons. The van der Waals surface area contributed by atoms with Gasteiger partial charge in [0.05, 0.1) is 0 Å². The molecule has 0 bridgehead atoms. The Labute approximate surface area is 169 Å². The minimum atomic E-state index is -0.885. The van der Waals surface area contributed by atoms with Crippen LogP contribution in [0.2, 0.25) is 0 Å². The number of unbranched alkanes of at least 4 members (excludes halogenated alkanes) is 12. The van der Waals surface area contributed by atoms with Crippen LogP contribution in [0.5, 0.6) is 0 Å². The minimum absolute atomic E-state index is 0.0429. The molecule has 5 nitrogen and oxygen atoms in total. The molecule has 0 aromatic rings. The Morgan fingerprint density at radius 2 is 1.37 bits per heavy atom. The van der Waals surface area contributed by atoms with Gasteiger partial charge >= 0.3 is 11.8 Å². The van der Waals surface area contributed by atoms with Crippen LogP contribution in [0.15, 0.2) is 0 Å². The summed E-state index contributed by atoms with van der Waals surface area (Å²) >= 11 is 6.11. The van der Waals surface area contributed by atoms with Crippen LogP contribution in [0.1, 0.15) is 96.8 Å². The van der Waals surface area contributed by atoms with E-state index < -0.39 is 21.6 Å². The zero-order valence-electron chi connectivity index (χ0n) is 17.1. The van der Waals surface area contributed by atoms with E-state index in [1.54, 1.807) is 0 Å². The Kier molecular flexibility index (Phi) is 12.8. The predicted molar refractivity (Wildman–Crippen MR) is 109 cm³/mol. The Bertz CT molecular complexity index is 470. The van der Waals surface area contributed by atoms with E-state index in [1.165, 1.54) is 64.2 Å². The van der Waals surface area contributed by atoms with Crippen molar-refractivity contribution in [2.24, 2.45) is 0 Å². The van der Waals surface area contributed by atoms with Gasteiger partial charge in [0.15, 0.2) is 11.8 Å². The SMILES string of the molecule is CCCCCCCCCCCCCCCC(=O)C(=O)[N+]1(Cl)CCNCC1=O. The number of piperazine rings is 1. The number of halogens is 1. The summed E-state index contributed by atoms with van der Waals surface area (Å²) in [5, 5.41) is 2.87.